The number of fused-ring (bicyclic) bond motifs is 3. The minimum atomic E-state index is 0.481. The highest BCUT2D eigenvalue weighted by Gasteiger charge is 2.48. The van der Waals surface area contributed by atoms with Gasteiger partial charge in [0.05, 0.1) is 0 Å². The van der Waals surface area contributed by atoms with Crippen LogP contribution < -0.4 is 5.73 Å². The zero-order valence-corrected chi connectivity index (χ0v) is 11.8. The first-order valence-corrected chi connectivity index (χ1v) is 7.37. The first-order chi connectivity index (χ1) is 8.59. The van der Waals surface area contributed by atoms with Crippen LogP contribution in [-0.4, -0.2) is 6.54 Å². The van der Waals surface area contributed by atoms with Crippen LogP contribution in [-0.2, 0) is 5.41 Å². The van der Waals surface area contributed by atoms with Crippen molar-refractivity contribution in [3.8, 4) is 0 Å². The molecule has 1 aromatic rings. The molecule has 1 nitrogen and oxygen atoms in total. The molecule has 0 radical (unpaired) electrons. The Kier molecular flexibility index (Phi) is 2.78. The van der Waals surface area contributed by atoms with Gasteiger partial charge < -0.3 is 5.73 Å². The zero-order chi connectivity index (χ0) is 12.8. The van der Waals surface area contributed by atoms with Crippen LogP contribution in [0.1, 0.15) is 55.2 Å². The molecule has 0 aliphatic heterocycles. The maximum absolute atomic E-state index is 6.00. The van der Waals surface area contributed by atoms with Crippen LogP contribution >= 0.6 is 0 Å². The lowest BCUT2D eigenvalue weighted by Gasteiger charge is -2.54. The van der Waals surface area contributed by atoms with E-state index in [1.807, 2.05) is 0 Å². The molecule has 0 unspecified atom stereocenters. The molecule has 18 heavy (non-hydrogen) atoms. The van der Waals surface area contributed by atoms with Crippen molar-refractivity contribution in [2.45, 2.75) is 57.8 Å². The molecule has 3 fully saturated rings. The summed E-state index contributed by atoms with van der Waals surface area (Å²) in [7, 11) is 0. The van der Waals surface area contributed by atoms with Gasteiger partial charge in [-0.05, 0) is 80.9 Å². The number of nitrogens with two attached hydrogens (primary N) is 1. The Morgan fingerprint density at radius 2 is 1.61 bits per heavy atom. The van der Waals surface area contributed by atoms with E-state index in [0.717, 1.165) is 6.54 Å². The molecule has 3 aliphatic rings. The summed E-state index contributed by atoms with van der Waals surface area (Å²) in [4.78, 5) is 0. The smallest absolute Gasteiger partial charge is 0.00205 e. The fourth-order valence-electron chi connectivity index (χ4n) is 4.38. The van der Waals surface area contributed by atoms with Crippen LogP contribution in [0.25, 0.3) is 0 Å². The monoisotopic (exact) mass is 243 g/mol. The van der Waals surface area contributed by atoms with E-state index in [-0.39, 0.29) is 0 Å². The third kappa shape index (κ3) is 1.72. The SMILES string of the molecule is Cc1ccc(C23CCC(CN)(CC2)CC3)c(C)c1. The highest BCUT2D eigenvalue weighted by Crippen LogP contribution is 2.57. The van der Waals surface area contributed by atoms with E-state index < -0.39 is 0 Å². The van der Waals surface area contributed by atoms with Crippen molar-refractivity contribution in [1.82, 2.24) is 0 Å². The average Bonchev–Trinajstić information content (AvgIpc) is 2.40. The van der Waals surface area contributed by atoms with Gasteiger partial charge in [0.2, 0.25) is 0 Å². The molecule has 1 heteroatoms. The van der Waals surface area contributed by atoms with Gasteiger partial charge in [-0.2, -0.15) is 0 Å². The summed E-state index contributed by atoms with van der Waals surface area (Å²) in [5.41, 5.74) is 11.5. The van der Waals surface area contributed by atoms with E-state index in [1.54, 1.807) is 5.56 Å². The van der Waals surface area contributed by atoms with Crippen molar-refractivity contribution in [3.63, 3.8) is 0 Å². The van der Waals surface area contributed by atoms with Crippen molar-refractivity contribution in [2.24, 2.45) is 11.1 Å². The lowest BCUT2D eigenvalue weighted by molar-refractivity contribution is 0.0468. The highest BCUT2D eigenvalue weighted by molar-refractivity contribution is 5.38. The summed E-state index contributed by atoms with van der Waals surface area (Å²) in [6, 6.07) is 7.03. The van der Waals surface area contributed by atoms with Gasteiger partial charge >= 0.3 is 0 Å². The quantitative estimate of drug-likeness (QED) is 0.838. The van der Waals surface area contributed by atoms with Gasteiger partial charge in [-0.15, -0.1) is 0 Å². The molecule has 0 saturated heterocycles. The van der Waals surface area contributed by atoms with Crippen LogP contribution in [0.5, 0.6) is 0 Å². The highest BCUT2D eigenvalue weighted by atomic mass is 14.6. The third-order valence-electron chi connectivity index (χ3n) is 5.79. The molecule has 2 bridgehead atoms. The van der Waals surface area contributed by atoms with E-state index in [1.165, 1.54) is 49.7 Å². The molecule has 0 aromatic heterocycles. The van der Waals surface area contributed by atoms with E-state index in [0.29, 0.717) is 10.8 Å². The largest absolute Gasteiger partial charge is 0.330 e. The fourth-order valence-corrected chi connectivity index (χ4v) is 4.38. The van der Waals surface area contributed by atoms with E-state index in [2.05, 4.69) is 32.0 Å². The molecule has 0 spiro atoms. The Hall–Kier alpha value is -0.820. The molecular weight excluding hydrogens is 218 g/mol. The Bertz CT molecular complexity index is 436. The van der Waals surface area contributed by atoms with Gasteiger partial charge in [0.25, 0.3) is 0 Å². The lowest BCUT2D eigenvalue weighted by atomic mass is 9.51. The minimum absolute atomic E-state index is 0.481. The topological polar surface area (TPSA) is 26.0 Å². The minimum Gasteiger partial charge on any atom is -0.330 e. The summed E-state index contributed by atoms with van der Waals surface area (Å²) >= 11 is 0. The Morgan fingerprint density at radius 3 is 2.11 bits per heavy atom. The lowest BCUT2D eigenvalue weighted by Crippen LogP contribution is -2.47. The third-order valence-corrected chi connectivity index (χ3v) is 5.79. The van der Waals surface area contributed by atoms with Crippen LogP contribution in [0.15, 0.2) is 18.2 Å². The second-order valence-corrected chi connectivity index (χ2v) is 6.80. The second kappa shape index (κ2) is 4.09. The molecule has 4 rings (SSSR count). The van der Waals surface area contributed by atoms with Gasteiger partial charge in [-0.25, -0.2) is 0 Å². The predicted molar refractivity (Wildman–Crippen MR) is 76.8 cm³/mol. The van der Waals surface area contributed by atoms with E-state index >= 15 is 0 Å². The summed E-state index contributed by atoms with van der Waals surface area (Å²) in [5, 5.41) is 0. The van der Waals surface area contributed by atoms with Crippen LogP contribution in [0.4, 0.5) is 0 Å². The molecule has 1 aromatic carbocycles. The standard InChI is InChI=1S/C17H25N/c1-13-3-4-15(14(2)11-13)17-8-5-16(12-18,6-9-17)7-10-17/h3-4,11H,5-10,12,18H2,1-2H3. The molecular formula is C17H25N. The van der Waals surface area contributed by atoms with E-state index in [4.69, 9.17) is 5.73 Å². The Morgan fingerprint density at radius 1 is 1.00 bits per heavy atom. The molecule has 2 N–H and O–H groups in total. The van der Waals surface area contributed by atoms with Crippen molar-refractivity contribution < 1.29 is 0 Å². The Labute approximate surface area is 111 Å². The molecule has 0 atom stereocenters. The van der Waals surface area contributed by atoms with Gasteiger partial charge in [0.15, 0.2) is 0 Å². The predicted octanol–water partition coefficient (Wildman–Crippen LogP) is 3.85. The van der Waals surface area contributed by atoms with Gasteiger partial charge in [0, 0.05) is 0 Å². The Balaban J connectivity index is 1.94. The van der Waals surface area contributed by atoms with Gasteiger partial charge in [-0.1, -0.05) is 23.8 Å². The molecule has 98 valence electrons. The number of rotatable bonds is 2. The van der Waals surface area contributed by atoms with E-state index in [9.17, 15) is 0 Å². The van der Waals surface area contributed by atoms with Crippen LogP contribution in [0.2, 0.25) is 0 Å². The summed E-state index contributed by atoms with van der Waals surface area (Å²) in [6.45, 7) is 5.38. The van der Waals surface area contributed by atoms with Crippen molar-refractivity contribution in [1.29, 1.82) is 0 Å². The first kappa shape index (κ1) is 12.2. The van der Waals surface area contributed by atoms with Crippen molar-refractivity contribution in [2.75, 3.05) is 6.54 Å². The second-order valence-electron chi connectivity index (χ2n) is 6.80. The summed E-state index contributed by atoms with van der Waals surface area (Å²) < 4.78 is 0. The molecule has 0 amide bonds. The summed E-state index contributed by atoms with van der Waals surface area (Å²) in [5.74, 6) is 0. The number of hydrogen-bond acceptors (Lipinski definition) is 1. The van der Waals surface area contributed by atoms with Crippen molar-refractivity contribution >= 4 is 0 Å². The van der Waals surface area contributed by atoms with Crippen LogP contribution in [0, 0.1) is 19.3 Å². The van der Waals surface area contributed by atoms with Crippen molar-refractivity contribution in [3.05, 3.63) is 34.9 Å². The fraction of sp³-hybridized carbons (Fsp3) is 0.647. The number of hydrogen-bond donors (Lipinski definition) is 1. The van der Waals surface area contributed by atoms with Gasteiger partial charge in [-0.3, -0.25) is 0 Å². The molecule has 3 saturated carbocycles. The summed E-state index contributed by atoms with van der Waals surface area (Å²) in [6.07, 6.45) is 8.10. The van der Waals surface area contributed by atoms with Gasteiger partial charge in [0.1, 0.15) is 0 Å². The zero-order valence-electron chi connectivity index (χ0n) is 11.8. The maximum atomic E-state index is 6.00. The molecule has 0 heterocycles. The van der Waals surface area contributed by atoms with Crippen LogP contribution in [0.3, 0.4) is 0 Å². The average molecular weight is 243 g/mol. The maximum Gasteiger partial charge on any atom is -0.00205 e. The number of aryl methyl sites for hydroxylation is 2. The first-order valence-electron chi connectivity index (χ1n) is 7.37. The molecule has 3 aliphatic carbocycles. The normalized spacial score (nSPS) is 34.8. The number of benzene rings is 1.